The Balaban J connectivity index is 1.95. The number of ether oxygens (including phenoxy) is 1. The number of hydrogen-bond donors (Lipinski definition) is 2. The van der Waals surface area contributed by atoms with Crippen molar-refractivity contribution < 1.29 is 28.6 Å². The molecule has 1 unspecified atom stereocenters. The van der Waals surface area contributed by atoms with Gasteiger partial charge in [0.05, 0.1) is 24.3 Å². The Morgan fingerprint density at radius 3 is 2.44 bits per heavy atom. The molecule has 2 N–H and O–H groups in total. The van der Waals surface area contributed by atoms with Crippen LogP contribution in [0, 0.1) is 5.82 Å². The average Bonchev–Trinajstić information content (AvgIpc) is 3.13. The summed E-state index contributed by atoms with van der Waals surface area (Å²) in [7, 11) is 1.36. The van der Waals surface area contributed by atoms with Crippen molar-refractivity contribution >= 4 is 34.7 Å². The van der Waals surface area contributed by atoms with Crippen molar-refractivity contribution in [2.45, 2.75) is 26.3 Å². The molecule has 3 aromatic carbocycles. The molecule has 36 heavy (non-hydrogen) atoms. The van der Waals surface area contributed by atoms with E-state index in [-0.39, 0.29) is 22.8 Å². The summed E-state index contributed by atoms with van der Waals surface area (Å²) in [5, 5.41) is 14.0. The minimum absolute atomic E-state index is 0.0438. The predicted molar refractivity (Wildman–Crippen MR) is 134 cm³/mol. The van der Waals surface area contributed by atoms with Gasteiger partial charge in [-0.2, -0.15) is 0 Å². The molecule has 0 spiro atoms. The Bertz CT molecular complexity index is 1380. The second kappa shape index (κ2) is 10.0. The molecule has 2 amide bonds. The number of ketones is 1. The molecule has 4 rings (SSSR count). The number of aryl methyl sites for hydroxylation is 1. The van der Waals surface area contributed by atoms with Crippen LogP contribution in [-0.2, 0) is 20.8 Å². The summed E-state index contributed by atoms with van der Waals surface area (Å²) in [6, 6.07) is 16.4. The van der Waals surface area contributed by atoms with E-state index in [0.29, 0.717) is 16.9 Å². The topological polar surface area (TPSA) is 95.9 Å². The zero-order valence-corrected chi connectivity index (χ0v) is 20.0. The molecule has 1 fully saturated rings. The molecule has 7 nitrogen and oxygen atoms in total. The van der Waals surface area contributed by atoms with Crippen molar-refractivity contribution in [1.82, 2.24) is 0 Å². The van der Waals surface area contributed by atoms with Crippen LogP contribution < -0.4 is 15.0 Å². The van der Waals surface area contributed by atoms with Gasteiger partial charge in [0.25, 0.3) is 11.7 Å². The van der Waals surface area contributed by atoms with Crippen LogP contribution in [0.15, 0.2) is 72.3 Å². The quantitative estimate of drug-likeness (QED) is 0.290. The number of carbonyl (C=O) groups is 3. The second-order valence-corrected chi connectivity index (χ2v) is 8.34. The number of aliphatic hydroxyl groups is 1. The van der Waals surface area contributed by atoms with Crippen LogP contribution in [0.2, 0.25) is 0 Å². The maximum Gasteiger partial charge on any atom is 0.300 e. The van der Waals surface area contributed by atoms with E-state index in [1.54, 1.807) is 36.4 Å². The summed E-state index contributed by atoms with van der Waals surface area (Å²) in [6.45, 7) is 3.37. The summed E-state index contributed by atoms with van der Waals surface area (Å²) in [5.41, 5.74) is 2.17. The van der Waals surface area contributed by atoms with Gasteiger partial charge in [-0.25, -0.2) is 4.39 Å². The highest BCUT2D eigenvalue weighted by Gasteiger charge is 2.47. The van der Waals surface area contributed by atoms with Gasteiger partial charge in [-0.1, -0.05) is 37.3 Å². The first-order valence-electron chi connectivity index (χ1n) is 11.4. The lowest BCUT2D eigenvalue weighted by atomic mass is 9.94. The number of Topliss-reactive ketones (excluding diaryl/α,β-unsaturated/α-hetero) is 1. The molecule has 0 saturated carbocycles. The first-order valence-corrected chi connectivity index (χ1v) is 11.4. The molecule has 1 aliphatic rings. The smallest absolute Gasteiger partial charge is 0.300 e. The van der Waals surface area contributed by atoms with E-state index < -0.39 is 29.3 Å². The summed E-state index contributed by atoms with van der Waals surface area (Å²) in [5.74, 6) is -3.12. The molecular formula is C28H25FN2O5. The van der Waals surface area contributed by atoms with Crippen LogP contribution in [0.25, 0.3) is 5.76 Å². The van der Waals surface area contributed by atoms with Crippen LogP contribution in [0.5, 0.6) is 5.75 Å². The summed E-state index contributed by atoms with van der Waals surface area (Å²) >= 11 is 0. The fourth-order valence-electron chi connectivity index (χ4n) is 4.30. The molecular weight excluding hydrogens is 463 g/mol. The first-order chi connectivity index (χ1) is 17.2. The van der Waals surface area contributed by atoms with Gasteiger partial charge in [0.15, 0.2) is 0 Å². The largest absolute Gasteiger partial charge is 0.507 e. The SMILES string of the molecule is CCc1ccc(C2/C(=C(\O)c3cc(F)ccc3OC)C(=O)C(=O)N2c2cccc(NC(C)=O)c2)cc1. The highest BCUT2D eigenvalue weighted by atomic mass is 19.1. The minimum Gasteiger partial charge on any atom is -0.507 e. The summed E-state index contributed by atoms with van der Waals surface area (Å²) < 4.78 is 19.4. The van der Waals surface area contributed by atoms with Crippen LogP contribution in [0.4, 0.5) is 15.8 Å². The summed E-state index contributed by atoms with van der Waals surface area (Å²) in [6.07, 6.45) is 0.791. The monoisotopic (exact) mass is 488 g/mol. The number of benzene rings is 3. The molecule has 1 atom stereocenters. The molecule has 3 aromatic rings. The molecule has 184 valence electrons. The number of nitrogens with one attached hydrogen (secondary N) is 1. The van der Waals surface area contributed by atoms with Crippen LogP contribution >= 0.6 is 0 Å². The lowest BCUT2D eigenvalue weighted by molar-refractivity contribution is -0.132. The van der Waals surface area contributed by atoms with Gasteiger partial charge < -0.3 is 15.2 Å². The molecule has 8 heteroatoms. The Kier molecular flexibility index (Phi) is 6.87. The van der Waals surface area contributed by atoms with E-state index in [9.17, 15) is 23.9 Å². The maximum atomic E-state index is 14.1. The fraction of sp³-hybridized carbons (Fsp3) is 0.179. The van der Waals surface area contributed by atoms with Crippen molar-refractivity contribution in [2.75, 3.05) is 17.3 Å². The van der Waals surface area contributed by atoms with E-state index in [1.807, 2.05) is 19.1 Å². The van der Waals surface area contributed by atoms with Gasteiger partial charge in [0.1, 0.15) is 17.3 Å². The highest BCUT2D eigenvalue weighted by Crippen LogP contribution is 2.43. The Hall–Kier alpha value is -4.46. The predicted octanol–water partition coefficient (Wildman–Crippen LogP) is 4.98. The van der Waals surface area contributed by atoms with Gasteiger partial charge in [0, 0.05) is 18.3 Å². The van der Waals surface area contributed by atoms with E-state index in [4.69, 9.17) is 4.74 Å². The number of rotatable bonds is 6. The van der Waals surface area contributed by atoms with Gasteiger partial charge >= 0.3 is 0 Å². The number of hydrogen-bond acceptors (Lipinski definition) is 5. The average molecular weight is 489 g/mol. The Morgan fingerprint density at radius 2 is 1.81 bits per heavy atom. The number of methoxy groups -OCH3 is 1. The van der Waals surface area contributed by atoms with Crippen molar-refractivity contribution in [1.29, 1.82) is 0 Å². The maximum absolute atomic E-state index is 14.1. The minimum atomic E-state index is -1.00. The van der Waals surface area contributed by atoms with Crippen molar-refractivity contribution in [3.8, 4) is 5.75 Å². The molecule has 0 radical (unpaired) electrons. The van der Waals surface area contributed by atoms with Crippen molar-refractivity contribution in [2.24, 2.45) is 0 Å². The number of halogens is 1. The number of amides is 2. The molecule has 1 heterocycles. The van der Waals surface area contributed by atoms with Gasteiger partial charge in [-0.05, 0) is 53.9 Å². The van der Waals surface area contributed by atoms with Crippen molar-refractivity contribution in [3.05, 3.63) is 94.8 Å². The standard InChI is InChI=1S/C28H25FN2O5/c1-4-17-8-10-18(11-9-17)25-24(26(33)22-14-19(29)12-13-23(22)36-3)27(34)28(35)31(25)21-7-5-6-20(15-21)30-16(2)32/h5-15,25,33H,4H2,1-3H3,(H,30,32)/b26-24+. The molecule has 1 aliphatic heterocycles. The normalized spacial score (nSPS) is 16.8. The first kappa shape index (κ1) is 24.7. The third-order valence-corrected chi connectivity index (χ3v) is 6.01. The highest BCUT2D eigenvalue weighted by molar-refractivity contribution is 6.51. The summed E-state index contributed by atoms with van der Waals surface area (Å²) in [4.78, 5) is 39.5. The fourth-order valence-corrected chi connectivity index (χ4v) is 4.30. The van der Waals surface area contributed by atoms with Crippen molar-refractivity contribution in [3.63, 3.8) is 0 Å². The van der Waals surface area contributed by atoms with E-state index >= 15 is 0 Å². The number of nitrogens with zero attached hydrogens (tertiary/aromatic N) is 1. The van der Waals surface area contributed by atoms with E-state index in [1.165, 1.54) is 31.1 Å². The van der Waals surface area contributed by atoms with Gasteiger partial charge in [-0.15, -0.1) is 0 Å². The van der Waals surface area contributed by atoms with Gasteiger partial charge in [-0.3, -0.25) is 19.3 Å². The second-order valence-electron chi connectivity index (χ2n) is 8.34. The van der Waals surface area contributed by atoms with Gasteiger partial charge in [0.2, 0.25) is 5.91 Å². The third-order valence-electron chi connectivity index (χ3n) is 6.01. The number of carbonyl (C=O) groups excluding carboxylic acids is 3. The zero-order chi connectivity index (χ0) is 26.0. The van der Waals surface area contributed by atoms with Crippen LogP contribution in [0.1, 0.15) is 36.6 Å². The molecule has 1 saturated heterocycles. The molecule has 0 bridgehead atoms. The van der Waals surface area contributed by atoms with Crippen LogP contribution in [0.3, 0.4) is 0 Å². The number of aliphatic hydroxyl groups excluding tert-OH is 1. The molecule has 0 aliphatic carbocycles. The lowest BCUT2D eigenvalue weighted by Crippen LogP contribution is -2.29. The van der Waals surface area contributed by atoms with Crippen LogP contribution in [-0.4, -0.2) is 29.8 Å². The Morgan fingerprint density at radius 1 is 1.08 bits per heavy atom. The lowest BCUT2D eigenvalue weighted by Gasteiger charge is -2.26. The van der Waals surface area contributed by atoms with E-state index in [2.05, 4.69) is 5.32 Å². The Labute approximate surface area is 207 Å². The van der Waals surface area contributed by atoms with E-state index in [0.717, 1.165) is 18.1 Å². The molecule has 0 aromatic heterocycles. The third kappa shape index (κ3) is 4.57. The zero-order valence-electron chi connectivity index (χ0n) is 20.0. The number of anilines is 2.